The van der Waals surface area contributed by atoms with Gasteiger partial charge in [0.25, 0.3) is 5.91 Å². The van der Waals surface area contributed by atoms with E-state index >= 15 is 0 Å². The molecule has 1 fully saturated rings. The zero-order chi connectivity index (χ0) is 25.4. The molecule has 2 amide bonds. The molecule has 2 aliphatic rings. The minimum absolute atomic E-state index is 0.0190. The van der Waals surface area contributed by atoms with E-state index in [1.807, 2.05) is 30.3 Å². The van der Waals surface area contributed by atoms with Gasteiger partial charge in [0.1, 0.15) is 0 Å². The van der Waals surface area contributed by atoms with Crippen molar-refractivity contribution in [2.45, 2.75) is 46.5 Å². The molecule has 1 aromatic carbocycles. The van der Waals surface area contributed by atoms with Gasteiger partial charge in [-0.1, -0.05) is 45.0 Å². The second-order valence-electron chi connectivity index (χ2n) is 10.6. The predicted octanol–water partition coefficient (Wildman–Crippen LogP) is 5.75. The Kier molecular flexibility index (Phi) is 6.51. The number of esters is 1. The molecule has 3 aromatic rings. The first kappa shape index (κ1) is 24.4. The average molecular weight is 503 g/mol. The van der Waals surface area contributed by atoms with Gasteiger partial charge in [-0.3, -0.25) is 14.5 Å². The molecule has 1 aliphatic heterocycles. The summed E-state index contributed by atoms with van der Waals surface area (Å²) >= 11 is 1.67. The molecule has 36 heavy (non-hydrogen) atoms. The fourth-order valence-electron chi connectivity index (χ4n) is 5.10. The Morgan fingerprint density at radius 2 is 1.97 bits per heavy atom. The van der Waals surface area contributed by atoms with E-state index in [4.69, 9.17) is 9.72 Å². The number of amides is 2. The molecule has 3 heterocycles. The lowest BCUT2D eigenvalue weighted by Gasteiger charge is -2.36. The minimum Gasteiger partial charge on any atom is -0.452 e. The average Bonchev–Trinajstić information content (AvgIpc) is 3.52. The molecule has 0 radical (unpaired) electrons. The molecule has 1 aliphatic carbocycles. The van der Waals surface area contributed by atoms with Crippen LogP contribution in [0.25, 0.3) is 22.6 Å². The molecule has 0 saturated carbocycles. The van der Waals surface area contributed by atoms with Crippen LogP contribution >= 0.6 is 11.3 Å². The zero-order valence-electron chi connectivity index (χ0n) is 20.9. The van der Waals surface area contributed by atoms with Crippen molar-refractivity contribution in [1.29, 1.82) is 0 Å². The fraction of sp³-hybridized carbons (Fsp3) is 0.379. The molecule has 0 spiro atoms. The number of ether oxygens (including phenoxy) is 1. The molecule has 5 rings (SSSR count). The molecule has 1 saturated heterocycles. The maximum absolute atomic E-state index is 13.6. The standard InChI is InChI=1S/C29H30N2O4S/c1-29(2,3)19-14-18(15-20-8-7-13-36-20)27-22(16-19)26(21-9-4-5-10-23(21)30-27)28(34)35-17-25(33)31-12-6-11-24(31)32/h4-5,7-10,13,15,19H,6,11-12,14,16-17H2,1-3H3/b18-15-/t19-/m0/s1. The van der Waals surface area contributed by atoms with Crippen LogP contribution < -0.4 is 0 Å². The van der Waals surface area contributed by atoms with E-state index in [1.165, 1.54) is 4.90 Å². The summed E-state index contributed by atoms with van der Waals surface area (Å²) in [5.74, 6) is -0.924. The molecule has 2 aromatic heterocycles. The second kappa shape index (κ2) is 9.62. The number of allylic oxidation sites excluding steroid dienone is 1. The zero-order valence-corrected chi connectivity index (χ0v) is 21.7. The van der Waals surface area contributed by atoms with Crippen molar-refractivity contribution in [1.82, 2.24) is 9.88 Å². The first-order valence-electron chi connectivity index (χ1n) is 12.4. The number of benzene rings is 1. The number of fused-ring (bicyclic) bond motifs is 2. The van der Waals surface area contributed by atoms with Crippen LogP contribution in [0, 0.1) is 11.3 Å². The van der Waals surface area contributed by atoms with Gasteiger partial charge in [-0.05, 0) is 65.3 Å². The second-order valence-corrected chi connectivity index (χ2v) is 11.6. The molecule has 1 atom stereocenters. The number of hydrogen-bond donors (Lipinski definition) is 0. The monoisotopic (exact) mass is 502 g/mol. The van der Waals surface area contributed by atoms with Crippen LogP contribution in [0.1, 0.15) is 66.5 Å². The van der Waals surface area contributed by atoms with Crippen molar-refractivity contribution in [2.75, 3.05) is 13.2 Å². The van der Waals surface area contributed by atoms with Crippen molar-refractivity contribution in [2.24, 2.45) is 11.3 Å². The third-order valence-corrected chi connectivity index (χ3v) is 8.02. The Labute approximate surface area is 215 Å². The van der Waals surface area contributed by atoms with E-state index < -0.39 is 18.5 Å². The van der Waals surface area contributed by atoms with Crippen molar-refractivity contribution < 1.29 is 19.1 Å². The number of likely N-dealkylation sites (tertiary alicyclic amines) is 1. The number of carbonyl (C=O) groups excluding carboxylic acids is 3. The van der Waals surface area contributed by atoms with E-state index in [1.54, 1.807) is 11.3 Å². The molecular formula is C29H30N2O4S. The van der Waals surface area contributed by atoms with E-state index in [9.17, 15) is 14.4 Å². The van der Waals surface area contributed by atoms with Crippen molar-refractivity contribution >= 4 is 51.7 Å². The van der Waals surface area contributed by atoms with Gasteiger partial charge in [-0.15, -0.1) is 11.3 Å². The number of hydrogen-bond acceptors (Lipinski definition) is 6. The van der Waals surface area contributed by atoms with Gasteiger partial charge < -0.3 is 4.74 Å². The highest BCUT2D eigenvalue weighted by atomic mass is 32.1. The molecule has 7 heteroatoms. The normalized spacial score (nSPS) is 19.1. The highest BCUT2D eigenvalue weighted by Crippen LogP contribution is 2.45. The summed E-state index contributed by atoms with van der Waals surface area (Å²) in [5, 5.41) is 2.77. The van der Waals surface area contributed by atoms with E-state index in [-0.39, 0.29) is 11.3 Å². The van der Waals surface area contributed by atoms with Crippen LogP contribution in [0.5, 0.6) is 0 Å². The summed E-state index contributed by atoms with van der Waals surface area (Å²) < 4.78 is 5.56. The SMILES string of the molecule is CC(C)(C)[C@H]1C/C(=C/c2cccs2)c2nc3ccccc3c(C(=O)OCC(=O)N3CCCC3=O)c2C1. The number of carbonyl (C=O) groups is 3. The fourth-order valence-corrected chi connectivity index (χ4v) is 5.79. The van der Waals surface area contributed by atoms with Crippen LogP contribution in [0.15, 0.2) is 41.8 Å². The lowest BCUT2D eigenvalue weighted by atomic mass is 9.69. The highest BCUT2D eigenvalue weighted by molar-refractivity contribution is 7.10. The van der Waals surface area contributed by atoms with Crippen molar-refractivity contribution in [3.63, 3.8) is 0 Å². The first-order chi connectivity index (χ1) is 17.2. The molecule has 0 unspecified atom stereocenters. The van der Waals surface area contributed by atoms with Crippen molar-refractivity contribution in [3.05, 3.63) is 63.5 Å². The maximum atomic E-state index is 13.6. The lowest BCUT2D eigenvalue weighted by molar-refractivity contribution is -0.143. The number of imide groups is 1. The number of rotatable bonds is 4. The Morgan fingerprint density at radius 1 is 1.17 bits per heavy atom. The summed E-state index contributed by atoms with van der Waals surface area (Å²) in [6.45, 7) is 6.61. The van der Waals surface area contributed by atoms with Crippen LogP contribution in [-0.4, -0.2) is 40.8 Å². The van der Waals surface area contributed by atoms with E-state index in [0.717, 1.165) is 39.0 Å². The minimum atomic E-state index is -0.546. The maximum Gasteiger partial charge on any atom is 0.339 e. The van der Waals surface area contributed by atoms with Gasteiger partial charge >= 0.3 is 5.97 Å². The van der Waals surface area contributed by atoms with Crippen LogP contribution in [0.3, 0.4) is 0 Å². The first-order valence-corrected chi connectivity index (χ1v) is 13.3. The third-order valence-electron chi connectivity index (χ3n) is 7.20. The van der Waals surface area contributed by atoms with Gasteiger partial charge in [0.2, 0.25) is 5.91 Å². The number of para-hydroxylation sites is 1. The summed E-state index contributed by atoms with van der Waals surface area (Å²) in [6, 6.07) is 11.7. The van der Waals surface area contributed by atoms with Gasteiger partial charge in [0.15, 0.2) is 6.61 Å². The van der Waals surface area contributed by atoms with Gasteiger partial charge in [-0.25, -0.2) is 9.78 Å². The highest BCUT2D eigenvalue weighted by Gasteiger charge is 2.36. The van der Waals surface area contributed by atoms with Gasteiger partial charge in [-0.2, -0.15) is 0 Å². The number of pyridine rings is 1. The number of thiophene rings is 1. The number of aromatic nitrogens is 1. The quantitative estimate of drug-likeness (QED) is 0.425. The Bertz CT molecular complexity index is 1370. The molecule has 6 nitrogen and oxygen atoms in total. The molecular weight excluding hydrogens is 472 g/mol. The molecule has 186 valence electrons. The van der Waals surface area contributed by atoms with Gasteiger partial charge in [0.05, 0.1) is 16.8 Å². The summed E-state index contributed by atoms with van der Waals surface area (Å²) in [5.41, 5.74) is 4.02. The van der Waals surface area contributed by atoms with Crippen LogP contribution in [0.2, 0.25) is 0 Å². The summed E-state index contributed by atoms with van der Waals surface area (Å²) in [4.78, 5) is 45.4. The Hall–Kier alpha value is -3.32. The third kappa shape index (κ3) is 4.72. The van der Waals surface area contributed by atoms with Crippen LogP contribution in [0.4, 0.5) is 0 Å². The Balaban J connectivity index is 1.58. The van der Waals surface area contributed by atoms with Gasteiger partial charge in [0, 0.05) is 23.2 Å². The smallest absolute Gasteiger partial charge is 0.339 e. The van der Waals surface area contributed by atoms with E-state index in [2.05, 4.69) is 38.3 Å². The number of nitrogens with zero attached hydrogens (tertiary/aromatic N) is 2. The van der Waals surface area contributed by atoms with Crippen LogP contribution in [-0.2, 0) is 20.7 Å². The van der Waals surface area contributed by atoms with E-state index in [0.29, 0.717) is 37.3 Å². The lowest BCUT2D eigenvalue weighted by Crippen LogP contribution is -2.35. The molecule has 0 N–H and O–H groups in total. The predicted molar refractivity (Wildman–Crippen MR) is 141 cm³/mol. The summed E-state index contributed by atoms with van der Waals surface area (Å²) in [6.07, 6.45) is 4.75. The van der Waals surface area contributed by atoms with Crippen molar-refractivity contribution in [3.8, 4) is 0 Å². The molecule has 0 bridgehead atoms. The Morgan fingerprint density at radius 3 is 2.67 bits per heavy atom. The largest absolute Gasteiger partial charge is 0.452 e. The summed E-state index contributed by atoms with van der Waals surface area (Å²) in [7, 11) is 0. The topological polar surface area (TPSA) is 76.6 Å².